The zero-order chi connectivity index (χ0) is 20.2. The Balaban J connectivity index is 1.57. The van der Waals surface area contributed by atoms with Gasteiger partial charge in [0.05, 0.1) is 4.92 Å². The Morgan fingerprint density at radius 3 is 2.48 bits per heavy atom. The molecule has 10 nitrogen and oxygen atoms in total. The van der Waals surface area contributed by atoms with Crippen LogP contribution in [0.2, 0.25) is 0 Å². The predicted octanol–water partition coefficient (Wildman–Crippen LogP) is 2.55. The molecule has 10 heteroatoms. The van der Waals surface area contributed by atoms with Crippen molar-refractivity contribution < 1.29 is 4.92 Å². The SMILES string of the molecule is Cc1cccc(Nc2ncnc(N3CCN(c4ccccn4)CC3)c2[N+](=O)[O-])n1. The second kappa shape index (κ2) is 8.05. The molecule has 4 rings (SSSR count). The summed E-state index contributed by atoms with van der Waals surface area (Å²) in [6, 6.07) is 11.2. The lowest BCUT2D eigenvalue weighted by molar-refractivity contribution is -0.383. The first-order valence-corrected chi connectivity index (χ1v) is 9.23. The smallest absolute Gasteiger partial charge is 0.353 e. The van der Waals surface area contributed by atoms with E-state index in [9.17, 15) is 10.1 Å². The summed E-state index contributed by atoms with van der Waals surface area (Å²) in [5.74, 6) is 1.83. The quantitative estimate of drug-likeness (QED) is 0.517. The third kappa shape index (κ3) is 4.05. The van der Waals surface area contributed by atoms with Crippen molar-refractivity contribution in [3.8, 4) is 0 Å². The van der Waals surface area contributed by atoms with Gasteiger partial charge in [-0.3, -0.25) is 10.1 Å². The summed E-state index contributed by atoms with van der Waals surface area (Å²) in [4.78, 5) is 32.5. The van der Waals surface area contributed by atoms with Crippen LogP contribution in [0.5, 0.6) is 0 Å². The van der Waals surface area contributed by atoms with Crippen LogP contribution in [-0.4, -0.2) is 51.0 Å². The molecule has 1 saturated heterocycles. The van der Waals surface area contributed by atoms with Crippen molar-refractivity contribution in [2.75, 3.05) is 41.3 Å². The number of anilines is 4. The Hall–Kier alpha value is -3.82. The molecule has 0 radical (unpaired) electrons. The predicted molar refractivity (Wildman–Crippen MR) is 110 cm³/mol. The van der Waals surface area contributed by atoms with Crippen LogP contribution in [0, 0.1) is 17.0 Å². The van der Waals surface area contributed by atoms with Crippen LogP contribution >= 0.6 is 0 Å². The van der Waals surface area contributed by atoms with Gasteiger partial charge >= 0.3 is 5.69 Å². The summed E-state index contributed by atoms with van der Waals surface area (Å²) in [5.41, 5.74) is 0.652. The fourth-order valence-electron chi connectivity index (χ4n) is 3.28. The number of hydrogen-bond acceptors (Lipinski definition) is 9. The van der Waals surface area contributed by atoms with Gasteiger partial charge in [0, 0.05) is 38.1 Å². The van der Waals surface area contributed by atoms with Gasteiger partial charge in [-0.05, 0) is 31.2 Å². The molecule has 0 atom stereocenters. The highest BCUT2D eigenvalue weighted by molar-refractivity contribution is 5.73. The third-order valence-corrected chi connectivity index (χ3v) is 4.67. The van der Waals surface area contributed by atoms with Crippen molar-refractivity contribution in [2.45, 2.75) is 6.92 Å². The largest absolute Gasteiger partial charge is 0.353 e. The second-order valence-corrected chi connectivity index (χ2v) is 6.60. The first-order chi connectivity index (χ1) is 14.1. The van der Waals surface area contributed by atoms with E-state index in [0.29, 0.717) is 37.8 Å². The minimum absolute atomic E-state index is 0.130. The van der Waals surface area contributed by atoms with E-state index >= 15 is 0 Å². The van der Waals surface area contributed by atoms with Gasteiger partial charge in [-0.15, -0.1) is 0 Å². The standard InChI is InChI=1S/C19H20N8O2/c1-14-5-4-6-15(23-14)24-18-17(27(28)29)19(22-13-21-18)26-11-9-25(10-12-26)16-7-2-3-8-20-16/h2-8,13H,9-12H2,1H3,(H,21,22,23,24). The number of nitrogens with one attached hydrogen (secondary N) is 1. The van der Waals surface area contributed by atoms with Crippen molar-refractivity contribution in [1.29, 1.82) is 0 Å². The van der Waals surface area contributed by atoms with Gasteiger partial charge in [0.1, 0.15) is 18.0 Å². The van der Waals surface area contributed by atoms with E-state index < -0.39 is 4.92 Å². The molecule has 0 saturated carbocycles. The Bertz CT molecular complexity index is 1010. The number of rotatable bonds is 5. The molecule has 1 aliphatic heterocycles. The van der Waals surface area contributed by atoms with Crippen molar-refractivity contribution in [3.63, 3.8) is 0 Å². The topological polar surface area (TPSA) is 113 Å². The molecule has 0 bridgehead atoms. The maximum atomic E-state index is 11.8. The van der Waals surface area contributed by atoms with E-state index in [1.807, 2.05) is 42.2 Å². The molecule has 0 amide bonds. The molecular formula is C19H20N8O2. The fraction of sp³-hybridized carbons (Fsp3) is 0.263. The molecule has 1 fully saturated rings. The lowest BCUT2D eigenvalue weighted by Crippen LogP contribution is -2.47. The molecule has 0 aromatic carbocycles. The van der Waals surface area contributed by atoms with Crippen LogP contribution in [0.4, 0.5) is 29.0 Å². The molecule has 4 heterocycles. The Morgan fingerprint density at radius 2 is 1.79 bits per heavy atom. The van der Waals surface area contributed by atoms with E-state index in [-0.39, 0.29) is 11.5 Å². The highest BCUT2D eigenvalue weighted by atomic mass is 16.6. The van der Waals surface area contributed by atoms with Crippen molar-refractivity contribution >= 4 is 29.0 Å². The van der Waals surface area contributed by atoms with Gasteiger partial charge in [0.2, 0.25) is 11.6 Å². The molecule has 3 aromatic heterocycles. The molecule has 1 N–H and O–H groups in total. The molecule has 29 heavy (non-hydrogen) atoms. The zero-order valence-electron chi connectivity index (χ0n) is 15.9. The minimum atomic E-state index is -0.446. The number of nitrogens with zero attached hydrogens (tertiary/aromatic N) is 7. The van der Waals surface area contributed by atoms with E-state index in [1.165, 1.54) is 6.33 Å². The first-order valence-electron chi connectivity index (χ1n) is 9.23. The number of nitro groups is 1. The maximum Gasteiger partial charge on any atom is 0.353 e. The summed E-state index contributed by atoms with van der Waals surface area (Å²) < 4.78 is 0. The van der Waals surface area contributed by atoms with Gasteiger partial charge in [-0.2, -0.15) is 0 Å². The summed E-state index contributed by atoms with van der Waals surface area (Å²) in [6.07, 6.45) is 3.10. The van der Waals surface area contributed by atoms with Crippen LogP contribution in [0.3, 0.4) is 0 Å². The average Bonchev–Trinajstić information content (AvgIpc) is 2.74. The van der Waals surface area contributed by atoms with Crippen molar-refractivity contribution in [1.82, 2.24) is 19.9 Å². The number of aromatic nitrogens is 4. The molecule has 3 aromatic rings. The van der Waals surface area contributed by atoms with E-state index in [4.69, 9.17) is 0 Å². The molecule has 0 unspecified atom stereocenters. The number of pyridine rings is 2. The van der Waals surface area contributed by atoms with Gasteiger partial charge < -0.3 is 15.1 Å². The van der Waals surface area contributed by atoms with Crippen LogP contribution in [0.1, 0.15) is 5.69 Å². The Kier molecular flexibility index (Phi) is 5.14. The van der Waals surface area contributed by atoms with Gasteiger partial charge in [0.15, 0.2) is 0 Å². The van der Waals surface area contributed by atoms with Gasteiger partial charge in [-0.25, -0.2) is 19.9 Å². The Morgan fingerprint density at radius 1 is 1.00 bits per heavy atom. The van der Waals surface area contributed by atoms with Crippen molar-refractivity contribution in [2.24, 2.45) is 0 Å². The zero-order valence-corrected chi connectivity index (χ0v) is 15.9. The number of aryl methyl sites for hydroxylation is 1. The summed E-state index contributed by atoms with van der Waals surface area (Å²) in [7, 11) is 0. The van der Waals surface area contributed by atoms with E-state index in [0.717, 1.165) is 11.5 Å². The fourth-order valence-corrected chi connectivity index (χ4v) is 3.28. The number of hydrogen-bond donors (Lipinski definition) is 1. The monoisotopic (exact) mass is 392 g/mol. The summed E-state index contributed by atoms with van der Waals surface area (Å²) >= 11 is 0. The third-order valence-electron chi connectivity index (χ3n) is 4.67. The van der Waals surface area contributed by atoms with Crippen LogP contribution in [0.25, 0.3) is 0 Å². The molecule has 0 aliphatic carbocycles. The first kappa shape index (κ1) is 18.5. The highest BCUT2D eigenvalue weighted by Gasteiger charge is 2.29. The van der Waals surface area contributed by atoms with Crippen molar-refractivity contribution in [3.05, 3.63) is 64.7 Å². The second-order valence-electron chi connectivity index (χ2n) is 6.60. The molecule has 148 valence electrons. The average molecular weight is 392 g/mol. The summed E-state index contributed by atoms with van der Waals surface area (Å²) in [6.45, 7) is 4.43. The van der Waals surface area contributed by atoms with E-state index in [1.54, 1.807) is 12.3 Å². The maximum absolute atomic E-state index is 11.8. The Labute approximate surface area is 167 Å². The lowest BCUT2D eigenvalue weighted by Gasteiger charge is -2.35. The van der Waals surface area contributed by atoms with Crippen LogP contribution in [0.15, 0.2) is 48.9 Å². The molecule has 0 spiro atoms. The van der Waals surface area contributed by atoms with Crippen LogP contribution < -0.4 is 15.1 Å². The lowest BCUT2D eigenvalue weighted by atomic mass is 10.2. The highest BCUT2D eigenvalue weighted by Crippen LogP contribution is 2.33. The minimum Gasteiger partial charge on any atom is -0.353 e. The number of piperazine rings is 1. The normalized spacial score (nSPS) is 14.0. The molecule has 1 aliphatic rings. The molecular weight excluding hydrogens is 372 g/mol. The van der Waals surface area contributed by atoms with Gasteiger partial charge in [-0.1, -0.05) is 12.1 Å². The van der Waals surface area contributed by atoms with Crippen LogP contribution in [-0.2, 0) is 0 Å². The van der Waals surface area contributed by atoms with E-state index in [2.05, 4.69) is 30.2 Å². The van der Waals surface area contributed by atoms with Gasteiger partial charge in [0.25, 0.3) is 0 Å². The summed E-state index contributed by atoms with van der Waals surface area (Å²) in [5, 5.41) is 14.8.